The molecular weight excluding hydrogens is 516 g/mol. The number of aromatic amines is 1. The Balaban J connectivity index is 1.43. The molecule has 0 atom stereocenters. The number of likely N-dealkylation sites (tertiary alicyclic amines) is 1. The number of piperidine rings is 1. The van der Waals surface area contributed by atoms with Crippen LogP contribution in [-0.2, 0) is 11.4 Å². The summed E-state index contributed by atoms with van der Waals surface area (Å²) in [5.74, 6) is 1.04. The van der Waals surface area contributed by atoms with Crippen molar-refractivity contribution < 1.29 is 14.3 Å². The Hall–Kier alpha value is -4.84. The standard InChI is InChI=1S/C32H32N6O3/c1-4-28(39)38-19-32(20-38)10-13-37(14-11-32)26-15-27(41-18-22-7-5-6-12-34-22)31(40-3)30(23(26)16-33)29-21(2)8-9-25-24(29)17-35-36-25/h4-9,12,15,17H,1,10-11,13-14,18-20H2,2-3H3,(H,35,36). The SMILES string of the molecule is C=CC(=O)N1CC2(CCN(c3cc(OCc4ccccn4)c(OC)c(-c4c(C)ccc5[nH]ncc45)c3C#N)CC2)C1. The van der Waals surface area contributed by atoms with Crippen molar-refractivity contribution in [1.82, 2.24) is 20.1 Å². The molecular formula is C32H32N6O3. The van der Waals surface area contributed by atoms with Gasteiger partial charge in [-0.15, -0.1) is 0 Å². The highest BCUT2D eigenvalue weighted by Gasteiger charge is 2.46. The van der Waals surface area contributed by atoms with Crippen molar-refractivity contribution in [2.24, 2.45) is 5.41 Å². The summed E-state index contributed by atoms with van der Waals surface area (Å²) in [6.07, 6.45) is 6.77. The van der Waals surface area contributed by atoms with Gasteiger partial charge in [-0.1, -0.05) is 18.7 Å². The van der Waals surface area contributed by atoms with Gasteiger partial charge in [-0.05, 0) is 49.6 Å². The molecule has 2 saturated heterocycles. The lowest BCUT2D eigenvalue weighted by molar-refractivity contribution is -0.139. The number of amides is 1. The zero-order valence-corrected chi connectivity index (χ0v) is 23.3. The second-order valence-electron chi connectivity index (χ2n) is 10.9. The van der Waals surface area contributed by atoms with Crippen LogP contribution in [0.4, 0.5) is 5.69 Å². The molecule has 9 heteroatoms. The van der Waals surface area contributed by atoms with E-state index in [0.29, 0.717) is 22.6 Å². The largest absolute Gasteiger partial charge is 0.492 e. The number of rotatable bonds is 7. The molecule has 6 rings (SSSR count). The van der Waals surface area contributed by atoms with E-state index in [1.807, 2.05) is 48.2 Å². The third-order valence-electron chi connectivity index (χ3n) is 8.43. The average Bonchev–Trinajstić information content (AvgIpc) is 3.47. The van der Waals surface area contributed by atoms with Gasteiger partial charge in [0.2, 0.25) is 5.91 Å². The fourth-order valence-electron chi connectivity index (χ4n) is 6.22. The van der Waals surface area contributed by atoms with Gasteiger partial charge in [-0.2, -0.15) is 10.4 Å². The molecule has 0 saturated carbocycles. The van der Waals surface area contributed by atoms with Crippen molar-refractivity contribution in [3.8, 4) is 28.7 Å². The minimum atomic E-state index is -0.0110. The summed E-state index contributed by atoms with van der Waals surface area (Å²) < 4.78 is 12.4. The molecule has 0 radical (unpaired) electrons. The van der Waals surface area contributed by atoms with Crippen LogP contribution in [0.2, 0.25) is 0 Å². The Morgan fingerprint density at radius 3 is 2.71 bits per heavy atom. The van der Waals surface area contributed by atoms with Crippen LogP contribution in [-0.4, -0.2) is 59.3 Å². The second kappa shape index (κ2) is 10.6. The Morgan fingerprint density at radius 2 is 2.02 bits per heavy atom. The molecule has 2 aliphatic rings. The zero-order chi connectivity index (χ0) is 28.6. The van der Waals surface area contributed by atoms with Crippen molar-refractivity contribution >= 4 is 22.5 Å². The highest BCUT2D eigenvalue weighted by Crippen LogP contribution is 2.50. The molecule has 41 heavy (non-hydrogen) atoms. The van der Waals surface area contributed by atoms with Crippen LogP contribution in [0.3, 0.4) is 0 Å². The molecule has 1 N–H and O–H groups in total. The van der Waals surface area contributed by atoms with Crippen molar-refractivity contribution in [2.75, 3.05) is 38.2 Å². The fourth-order valence-corrected chi connectivity index (χ4v) is 6.22. The lowest BCUT2D eigenvalue weighted by atomic mass is 9.71. The number of carbonyl (C=O) groups excluding carboxylic acids is 1. The van der Waals surface area contributed by atoms with E-state index in [4.69, 9.17) is 9.47 Å². The number of anilines is 1. The summed E-state index contributed by atoms with van der Waals surface area (Å²) in [5.41, 5.74) is 5.72. The van der Waals surface area contributed by atoms with Crippen LogP contribution in [0.5, 0.6) is 11.5 Å². The number of nitriles is 1. The third-order valence-corrected chi connectivity index (χ3v) is 8.43. The maximum atomic E-state index is 12.0. The molecule has 1 spiro atoms. The minimum absolute atomic E-state index is 0.0110. The molecule has 208 valence electrons. The van der Waals surface area contributed by atoms with Crippen LogP contribution in [0, 0.1) is 23.7 Å². The molecule has 0 aliphatic carbocycles. The average molecular weight is 549 g/mol. The van der Waals surface area contributed by atoms with E-state index in [1.54, 1.807) is 19.5 Å². The highest BCUT2D eigenvalue weighted by molar-refractivity contribution is 6.01. The number of hydrogen-bond acceptors (Lipinski definition) is 7. The van der Waals surface area contributed by atoms with Gasteiger partial charge in [0.25, 0.3) is 0 Å². The quantitative estimate of drug-likeness (QED) is 0.324. The number of pyridine rings is 1. The van der Waals surface area contributed by atoms with Gasteiger partial charge in [0.05, 0.1) is 35.8 Å². The molecule has 1 amide bonds. The molecule has 2 aromatic carbocycles. The first-order valence-corrected chi connectivity index (χ1v) is 13.7. The van der Waals surface area contributed by atoms with Gasteiger partial charge in [0.15, 0.2) is 11.5 Å². The molecule has 9 nitrogen and oxygen atoms in total. The third kappa shape index (κ3) is 4.65. The first kappa shape index (κ1) is 26.4. The predicted octanol–water partition coefficient (Wildman–Crippen LogP) is 5.01. The van der Waals surface area contributed by atoms with Crippen LogP contribution in [0.25, 0.3) is 22.0 Å². The van der Waals surface area contributed by atoms with E-state index >= 15 is 0 Å². The molecule has 0 unspecified atom stereocenters. The first-order chi connectivity index (χ1) is 20.0. The van der Waals surface area contributed by atoms with Crippen molar-refractivity contribution in [1.29, 1.82) is 5.26 Å². The Kier molecular flexibility index (Phi) is 6.83. The fraction of sp³-hybridized carbons (Fsp3) is 0.312. The topological polar surface area (TPSA) is 107 Å². The van der Waals surface area contributed by atoms with Crippen molar-refractivity contribution in [2.45, 2.75) is 26.4 Å². The molecule has 4 aromatic rings. The van der Waals surface area contributed by atoms with Gasteiger partial charge in [-0.3, -0.25) is 14.9 Å². The Morgan fingerprint density at radius 1 is 1.22 bits per heavy atom. The van der Waals surface area contributed by atoms with Gasteiger partial charge in [-0.25, -0.2) is 0 Å². The number of methoxy groups -OCH3 is 1. The molecule has 0 bridgehead atoms. The number of aryl methyl sites for hydroxylation is 1. The van der Waals surface area contributed by atoms with Crippen LogP contribution in [0.1, 0.15) is 29.7 Å². The van der Waals surface area contributed by atoms with Crippen LogP contribution in [0.15, 0.2) is 61.4 Å². The van der Waals surface area contributed by atoms with Crippen LogP contribution < -0.4 is 14.4 Å². The molecule has 4 heterocycles. The smallest absolute Gasteiger partial charge is 0.245 e. The summed E-state index contributed by atoms with van der Waals surface area (Å²) in [6, 6.07) is 14.2. The lowest BCUT2D eigenvalue weighted by Gasteiger charge is -2.54. The maximum Gasteiger partial charge on any atom is 0.245 e. The number of ether oxygens (including phenoxy) is 2. The van der Waals surface area contributed by atoms with Crippen molar-refractivity contribution in [3.05, 3.63) is 78.3 Å². The number of H-pyrrole nitrogens is 1. The first-order valence-electron chi connectivity index (χ1n) is 13.7. The van der Waals surface area contributed by atoms with E-state index in [0.717, 1.165) is 72.4 Å². The number of nitrogens with zero attached hydrogens (tertiary/aromatic N) is 5. The number of benzene rings is 2. The molecule has 2 aliphatic heterocycles. The highest BCUT2D eigenvalue weighted by atomic mass is 16.5. The lowest BCUT2D eigenvalue weighted by Crippen LogP contribution is -2.61. The monoisotopic (exact) mass is 548 g/mol. The van der Waals surface area contributed by atoms with E-state index in [-0.39, 0.29) is 17.9 Å². The van der Waals surface area contributed by atoms with E-state index in [9.17, 15) is 10.1 Å². The number of fused-ring (bicyclic) bond motifs is 1. The minimum Gasteiger partial charge on any atom is -0.492 e. The second-order valence-corrected chi connectivity index (χ2v) is 10.9. The molecule has 2 aromatic heterocycles. The van der Waals surface area contributed by atoms with Gasteiger partial charge < -0.3 is 19.3 Å². The summed E-state index contributed by atoms with van der Waals surface area (Å²) in [4.78, 5) is 20.6. The number of hydrogen-bond donors (Lipinski definition) is 1. The number of carbonyl (C=O) groups is 1. The number of aromatic nitrogens is 3. The van der Waals surface area contributed by atoms with Crippen molar-refractivity contribution in [3.63, 3.8) is 0 Å². The van der Waals surface area contributed by atoms with Gasteiger partial charge in [0, 0.05) is 60.4 Å². The van der Waals surface area contributed by atoms with Crippen LogP contribution >= 0.6 is 0 Å². The summed E-state index contributed by atoms with van der Waals surface area (Å²) >= 11 is 0. The van der Waals surface area contributed by atoms with E-state index in [1.165, 1.54) is 6.08 Å². The Labute approximate surface area is 239 Å². The number of nitrogens with one attached hydrogen (secondary N) is 1. The zero-order valence-electron chi connectivity index (χ0n) is 23.3. The maximum absolute atomic E-state index is 12.0. The summed E-state index contributed by atoms with van der Waals surface area (Å²) in [6.45, 7) is 8.95. The van der Waals surface area contributed by atoms with Gasteiger partial charge in [0.1, 0.15) is 12.7 Å². The normalized spacial score (nSPS) is 15.8. The van der Waals surface area contributed by atoms with E-state index < -0.39 is 0 Å². The summed E-state index contributed by atoms with van der Waals surface area (Å²) in [5, 5.41) is 18.9. The predicted molar refractivity (Wildman–Crippen MR) is 157 cm³/mol. The Bertz CT molecular complexity index is 1660. The molecule has 2 fully saturated rings. The summed E-state index contributed by atoms with van der Waals surface area (Å²) in [7, 11) is 1.61. The van der Waals surface area contributed by atoms with E-state index in [2.05, 4.69) is 32.7 Å². The van der Waals surface area contributed by atoms with Gasteiger partial charge >= 0.3 is 0 Å².